The molecule has 55 heavy (non-hydrogen) atoms. The van der Waals surface area contributed by atoms with Gasteiger partial charge in [0.2, 0.25) is 0 Å². The molecule has 6 rings (SSSR count). The summed E-state index contributed by atoms with van der Waals surface area (Å²) in [6.07, 6.45) is 0. The first-order chi connectivity index (χ1) is 25.7. The van der Waals surface area contributed by atoms with Crippen molar-refractivity contribution in [1.29, 1.82) is 0 Å². The van der Waals surface area contributed by atoms with Gasteiger partial charge in [-0.15, -0.1) is 0 Å². The van der Waals surface area contributed by atoms with Gasteiger partial charge in [-0.2, -0.15) is 4.31 Å². The second-order valence-corrected chi connectivity index (χ2v) is 16.5. The van der Waals surface area contributed by atoms with Crippen molar-refractivity contribution in [2.24, 2.45) is 0 Å². The Bertz CT molecular complexity index is 2280. The number of phenolic OH excluding ortho intramolecular Hbond substituents is 2. The highest BCUT2D eigenvalue weighted by atomic mass is 31.3. The number of benzene rings is 6. The van der Waals surface area contributed by atoms with Crippen LogP contribution in [-0.2, 0) is 13.4 Å². The summed E-state index contributed by atoms with van der Waals surface area (Å²) in [4.78, 5) is 31.0. The molecule has 6 aromatic rings. The minimum Gasteiger partial charge on any atom is -0.508 e. The van der Waals surface area contributed by atoms with Crippen molar-refractivity contribution in [1.82, 2.24) is 0 Å². The predicted octanol–water partition coefficient (Wildman–Crippen LogP) is 11.1. The first kappa shape index (κ1) is 41.3. The van der Waals surface area contributed by atoms with Gasteiger partial charge in [-0.1, -0.05) is 84.9 Å². The third kappa shape index (κ3) is 8.86. The summed E-state index contributed by atoms with van der Waals surface area (Å²) in [6, 6.07) is 33.1. The lowest BCUT2D eigenvalue weighted by Gasteiger charge is -2.30. The van der Waals surface area contributed by atoms with E-state index in [0.717, 1.165) is 100 Å². The van der Waals surface area contributed by atoms with E-state index in [1.807, 2.05) is 12.1 Å². The quantitative estimate of drug-likeness (QED) is 0.0865. The molecule has 0 heterocycles. The second-order valence-electron chi connectivity index (χ2n) is 13.9. The van der Waals surface area contributed by atoms with E-state index >= 15 is 0 Å². The lowest BCUT2D eigenvalue weighted by molar-refractivity contribution is 0.225. The summed E-state index contributed by atoms with van der Waals surface area (Å²) in [5, 5.41) is 23.6. The van der Waals surface area contributed by atoms with Crippen LogP contribution in [0.5, 0.6) is 11.5 Å². The fraction of sp³-hybridized carbons (Fsp3) is 0.182. The first-order valence-electron chi connectivity index (χ1n) is 17.5. The maximum Gasteiger partial charge on any atom is 0.478 e. The van der Waals surface area contributed by atoms with E-state index in [9.17, 15) is 19.3 Å². The van der Waals surface area contributed by atoms with E-state index in [1.165, 1.54) is 0 Å². The molecule has 286 valence electrons. The Labute approximate surface area is 322 Å². The van der Waals surface area contributed by atoms with Crippen molar-refractivity contribution in [3.63, 3.8) is 0 Å². The molecule has 0 aliphatic carbocycles. The largest absolute Gasteiger partial charge is 0.508 e. The van der Waals surface area contributed by atoms with Gasteiger partial charge >= 0.3 is 15.6 Å². The molecule has 0 aromatic heterocycles. The Morgan fingerprint density at radius 2 is 0.618 bits per heavy atom. The molecule has 0 saturated heterocycles. The Hall–Kier alpha value is -4.82. The molecular formula is C44H46O9P2. The van der Waals surface area contributed by atoms with Crippen molar-refractivity contribution in [2.75, 3.05) is 0 Å². The van der Waals surface area contributed by atoms with Gasteiger partial charge < -0.3 is 29.8 Å². The predicted molar refractivity (Wildman–Crippen MR) is 220 cm³/mol. The number of aryl methyl sites for hydroxylation is 8. The molecule has 6 aromatic carbocycles. The lowest BCUT2D eigenvalue weighted by Crippen LogP contribution is -2.05. The summed E-state index contributed by atoms with van der Waals surface area (Å²) in [7, 11) is -10.1. The smallest absolute Gasteiger partial charge is 0.478 e. The van der Waals surface area contributed by atoms with Crippen LogP contribution in [0.4, 0.5) is 0 Å². The van der Waals surface area contributed by atoms with Gasteiger partial charge in [-0.25, -0.2) is 9.13 Å². The zero-order valence-corrected chi connectivity index (χ0v) is 33.8. The van der Waals surface area contributed by atoms with Gasteiger partial charge in [0.1, 0.15) is 11.5 Å². The Morgan fingerprint density at radius 3 is 0.855 bits per heavy atom. The van der Waals surface area contributed by atoms with Crippen molar-refractivity contribution >= 4 is 15.6 Å². The zero-order valence-electron chi connectivity index (χ0n) is 32.0. The van der Waals surface area contributed by atoms with Crippen LogP contribution >= 0.6 is 15.6 Å². The Kier molecular flexibility index (Phi) is 12.1. The lowest BCUT2D eigenvalue weighted by atomic mass is 9.73. The molecular weight excluding hydrogens is 734 g/mol. The van der Waals surface area contributed by atoms with Crippen LogP contribution < -0.4 is 0 Å². The van der Waals surface area contributed by atoms with Crippen molar-refractivity contribution < 1.29 is 43.2 Å². The molecule has 0 atom stereocenters. The van der Waals surface area contributed by atoms with E-state index in [0.29, 0.717) is 0 Å². The maximum atomic E-state index is 13.1. The summed E-state index contributed by atoms with van der Waals surface area (Å²) in [5.41, 5.74) is 19.0. The van der Waals surface area contributed by atoms with Crippen molar-refractivity contribution in [2.45, 2.75) is 55.4 Å². The molecule has 0 radical (unpaired) electrons. The molecule has 11 heteroatoms. The van der Waals surface area contributed by atoms with E-state index < -0.39 is 15.6 Å². The molecule has 0 aliphatic heterocycles. The third-order valence-electron chi connectivity index (χ3n) is 9.77. The van der Waals surface area contributed by atoms with Crippen LogP contribution in [-0.4, -0.2) is 29.8 Å². The van der Waals surface area contributed by atoms with E-state index in [2.05, 4.69) is 132 Å². The highest BCUT2D eigenvalue weighted by Crippen LogP contribution is 2.59. The molecule has 0 fully saturated rings. The average Bonchev–Trinajstić information content (AvgIpc) is 3.06. The number of phenols is 2. The first-order valence-corrected chi connectivity index (χ1v) is 20.6. The van der Waals surface area contributed by atoms with Crippen LogP contribution in [0, 0.1) is 55.4 Å². The van der Waals surface area contributed by atoms with Crippen LogP contribution in [0.3, 0.4) is 0 Å². The van der Waals surface area contributed by atoms with Crippen LogP contribution in [0.2, 0.25) is 0 Å². The van der Waals surface area contributed by atoms with Crippen LogP contribution in [0.15, 0.2) is 97.1 Å². The molecule has 0 spiro atoms. The van der Waals surface area contributed by atoms with Gasteiger partial charge in [0, 0.05) is 22.3 Å². The zero-order chi connectivity index (χ0) is 40.6. The summed E-state index contributed by atoms with van der Waals surface area (Å²) >= 11 is 0. The minimum absolute atomic E-state index is 0.217. The Morgan fingerprint density at radius 1 is 0.364 bits per heavy atom. The van der Waals surface area contributed by atoms with E-state index in [1.54, 1.807) is 12.1 Å². The van der Waals surface area contributed by atoms with Gasteiger partial charge in [-0.05, 0) is 145 Å². The maximum absolute atomic E-state index is 13.1. The molecule has 9 nitrogen and oxygen atoms in total. The molecule has 0 bridgehead atoms. The molecule has 6 N–H and O–H groups in total. The Balaban J connectivity index is 0.000000574. The number of phosphoric acid groups is 2. The SMILES string of the molecule is Cc1cccc(C)c1-c1c(O)c(-c2c(C)cccc2C)c(-c2c(C)cccc2C)c(-c2ccc(O)cc2)c1-c1c(C)cccc1C.O=P(O)(O)OP(=O)(O)O. The van der Waals surface area contributed by atoms with Gasteiger partial charge in [0.05, 0.1) is 0 Å². The second kappa shape index (κ2) is 16.1. The standard InChI is InChI=1S/C44H42O2.H4O7P2/c1-25-13-9-14-26(2)35(25)40-39(33-21-23-34(45)24-22-33)41(36-27(3)15-10-16-28(36)4)43(38-31(7)19-12-20-32(38)8)44(46)42(40)37-29(5)17-11-18-30(37)6;1-8(2,3)7-9(4,5)6/h9-24,45-46H,1-8H3;(H2,1,2,3)(H2,4,5,6). The topological polar surface area (TPSA) is 165 Å². The number of aromatic hydroxyl groups is 2. The fourth-order valence-electron chi connectivity index (χ4n) is 7.61. The number of hydrogen-bond donors (Lipinski definition) is 6. The summed E-state index contributed by atoms with van der Waals surface area (Å²) in [5.74, 6) is 0.502. The highest BCUT2D eigenvalue weighted by Gasteiger charge is 2.32. The third-order valence-corrected chi connectivity index (χ3v) is 11.5. The molecule has 0 amide bonds. The fourth-order valence-corrected chi connectivity index (χ4v) is 8.72. The van der Waals surface area contributed by atoms with Crippen molar-refractivity contribution in [3.05, 3.63) is 142 Å². The van der Waals surface area contributed by atoms with E-state index in [4.69, 9.17) is 19.6 Å². The highest BCUT2D eigenvalue weighted by molar-refractivity contribution is 7.60. The van der Waals surface area contributed by atoms with Gasteiger partial charge in [-0.3, -0.25) is 0 Å². The summed E-state index contributed by atoms with van der Waals surface area (Å²) < 4.78 is 22.2. The number of hydrogen-bond acceptors (Lipinski definition) is 5. The van der Waals surface area contributed by atoms with Crippen molar-refractivity contribution in [3.8, 4) is 67.1 Å². The van der Waals surface area contributed by atoms with Gasteiger partial charge in [0.15, 0.2) is 0 Å². The molecule has 0 saturated carbocycles. The molecule has 0 aliphatic rings. The van der Waals surface area contributed by atoms with Crippen LogP contribution in [0.1, 0.15) is 44.5 Å². The van der Waals surface area contributed by atoms with Crippen LogP contribution in [0.25, 0.3) is 55.6 Å². The van der Waals surface area contributed by atoms with E-state index in [-0.39, 0.29) is 11.5 Å². The van der Waals surface area contributed by atoms with Gasteiger partial charge in [0.25, 0.3) is 0 Å². The summed E-state index contributed by atoms with van der Waals surface area (Å²) in [6.45, 7) is 17.2. The average molecular weight is 781 g/mol. The molecule has 0 unspecified atom stereocenters. The monoisotopic (exact) mass is 780 g/mol. The minimum atomic E-state index is -5.05. The normalized spacial score (nSPS) is 11.6. The number of rotatable bonds is 7.